The summed E-state index contributed by atoms with van der Waals surface area (Å²) in [5.41, 5.74) is 0. The van der Waals surface area contributed by atoms with Gasteiger partial charge >= 0.3 is 0 Å². The van der Waals surface area contributed by atoms with Gasteiger partial charge in [-0.05, 0) is 0 Å². The van der Waals surface area contributed by atoms with E-state index in [4.69, 9.17) is 14.2 Å². The first kappa shape index (κ1) is 8.93. The summed E-state index contributed by atoms with van der Waals surface area (Å²) >= 11 is 0. The summed E-state index contributed by atoms with van der Waals surface area (Å²) in [7, 11) is 1.62. The first-order chi connectivity index (χ1) is 5.43. The monoisotopic (exact) mass is 161 g/mol. The predicted molar refractivity (Wildman–Crippen MR) is 40.4 cm³/mol. The Morgan fingerprint density at radius 1 is 1.64 bits per heavy atom. The molecule has 0 aromatic carbocycles. The van der Waals surface area contributed by atoms with E-state index in [0.717, 1.165) is 19.8 Å². The van der Waals surface area contributed by atoms with Crippen molar-refractivity contribution in [3.05, 3.63) is 0 Å². The molecule has 4 nitrogen and oxygen atoms in total. The molecule has 0 aliphatic carbocycles. The second kappa shape index (κ2) is 5.49. The molecule has 1 fully saturated rings. The van der Waals surface area contributed by atoms with Crippen molar-refractivity contribution in [1.29, 1.82) is 0 Å². The van der Waals surface area contributed by atoms with Crippen LogP contribution in [0.5, 0.6) is 0 Å². The van der Waals surface area contributed by atoms with Crippen LogP contribution in [0.2, 0.25) is 0 Å². The maximum absolute atomic E-state index is 5.23. The van der Waals surface area contributed by atoms with Crippen molar-refractivity contribution < 1.29 is 14.2 Å². The molecular weight excluding hydrogens is 146 g/mol. The van der Waals surface area contributed by atoms with E-state index in [9.17, 15) is 0 Å². The third-order valence-electron chi connectivity index (χ3n) is 1.52. The Kier molecular flexibility index (Phi) is 4.45. The predicted octanol–water partition coefficient (Wildman–Crippen LogP) is -0.405. The smallest absolute Gasteiger partial charge is 0.146 e. The first-order valence-electron chi connectivity index (χ1n) is 3.81. The fourth-order valence-electron chi connectivity index (χ4n) is 1.00. The zero-order valence-corrected chi connectivity index (χ0v) is 6.84. The molecule has 1 saturated heterocycles. The summed E-state index contributed by atoms with van der Waals surface area (Å²) in [4.78, 5) is 0. The summed E-state index contributed by atoms with van der Waals surface area (Å²) in [6, 6.07) is 0.332. The standard InChI is InChI=1S/C7H15NO3/c1-9-6-11-5-7-4-10-3-2-8-7/h7-8H,2-6H2,1H3. The number of hydrogen-bond acceptors (Lipinski definition) is 4. The number of hydrogen-bond donors (Lipinski definition) is 1. The van der Waals surface area contributed by atoms with Gasteiger partial charge in [0.05, 0.1) is 25.9 Å². The molecule has 4 heteroatoms. The molecule has 0 radical (unpaired) electrons. The zero-order chi connectivity index (χ0) is 7.94. The normalized spacial score (nSPS) is 25.4. The lowest BCUT2D eigenvalue weighted by atomic mass is 10.3. The Bertz CT molecular complexity index is 93.7. The highest BCUT2D eigenvalue weighted by Crippen LogP contribution is 1.93. The molecule has 0 spiro atoms. The van der Waals surface area contributed by atoms with Crippen molar-refractivity contribution in [3.8, 4) is 0 Å². The Morgan fingerprint density at radius 3 is 3.18 bits per heavy atom. The van der Waals surface area contributed by atoms with Crippen LogP contribution in [-0.4, -0.2) is 46.3 Å². The molecule has 1 rings (SSSR count). The lowest BCUT2D eigenvalue weighted by molar-refractivity contribution is -0.0525. The summed E-state index contributed by atoms with van der Waals surface area (Å²) < 4.78 is 15.1. The summed E-state index contributed by atoms with van der Waals surface area (Å²) in [5, 5.41) is 3.27. The molecule has 1 atom stereocenters. The van der Waals surface area contributed by atoms with Crippen LogP contribution in [0.25, 0.3) is 0 Å². The highest BCUT2D eigenvalue weighted by molar-refractivity contribution is 4.68. The third-order valence-corrected chi connectivity index (χ3v) is 1.52. The maximum atomic E-state index is 5.23. The number of morpholine rings is 1. The van der Waals surface area contributed by atoms with Gasteiger partial charge in [-0.2, -0.15) is 0 Å². The molecule has 0 saturated carbocycles. The van der Waals surface area contributed by atoms with Gasteiger partial charge < -0.3 is 19.5 Å². The molecule has 0 bridgehead atoms. The quantitative estimate of drug-likeness (QED) is 0.449. The van der Waals surface area contributed by atoms with Gasteiger partial charge in [0, 0.05) is 13.7 Å². The number of nitrogens with one attached hydrogen (secondary N) is 1. The Labute approximate surface area is 66.8 Å². The van der Waals surface area contributed by atoms with Crippen LogP contribution in [0, 0.1) is 0 Å². The second-order valence-corrected chi connectivity index (χ2v) is 2.50. The number of rotatable bonds is 4. The highest BCUT2D eigenvalue weighted by atomic mass is 16.7. The van der Waals surface area contributed by atoms with Crippen LogP contribution in [0.3, 0.4) is 0 Å². The van der Waals surface area contributed by atoms with Gasteiger partial charge in [0.2, 0.25) is 0 Å². The van der Waals surface area contributed by atoms with Crippen LogP contribution in [0.15, 0.2) is 0 Å². The molecule has 0 aromatic rings. The minimum Gasteiger partial charge on any atom is -0.378 e. The summed E-state index contributed by atoms with van der Waals surface area (Å²) in [6.07, 6.45) is 0. The molecule has 0 aromatic heterocycles. The van der Waals surface area contributed by atoms with Crippen molar-refractivity contribution in [1.82, 2.24) is 5.32 Å². The van der Waals surface area contributed by atoms with Crippen molar-refractivity contribution in [3.63, 3.8) is 0 Å². The van der Waals surface area contributed by atoms with Gasteiger partial charge in [-0.1, -0.05) is 0 Å². The van der Waals surface area contributed by atoms with Crippen molar-refractivity contribution in [2.24, 2.45) is 0 Å². The van der Waals surface area contributed by atoms with E-state index in [1.807, 2.05) is 0 Å². The Balaban J connectivity index is 1.96. The minimum absolute atomic E-state index is 0.332. The van der Waals surface area contributed by atoms with Crippen LogP contribution in [-0.2, 0) is 14.2 Å². The van der Waals surface area contributed by atoms with Crippen LogP contribution < -0.4 is 5.32 Å². The number of methoxy groups -OCH3 is 1. The first-order valence-corrected chi connectivity index (χ1v) is 3.81. The van der Waals surface area contributed by atoms with Gasteiger partial charge in [0.15, 0.2) is 0 Å². The highest BCUT2D eigenvalue weighted by Gasteiger charge is 2.11. The van der Waals surface area contributed by atoms with Crippen molar-refractivity contribution in [2.45, 2.75) is 6.04 Å². The fourth-order valence-corrected chi connectivity index (χ4v) is 1.00. The SMILES string of the molecule is COCOCC1COCCN1. The average Bonchev–Trinajstić information content (AvgIpc) is 2.07. The lowest BCUT2D eigenvalue weighted by Crippen LogP contribution is -2.44. The van der Waals surface area contributed by atoms with Crippen LogP contribution >= 0.6 is 0 Å². The average molecular weight is 161 g/mol. The van der Waals surface area contributed by atoms with E-state index in [2.05, 4.69) is 5.32 Å². The van der Waals surface area contributed by atoms with E-state index < -0.39 is 0 Å². The summed E-state index contributed by atoms with van der Waals surface area (Å²) in [6.45, 7) is 3.48. The molecule has 1 heterocycles. The van der Waals surface area contributed by atoms with E-state index in [1.165, 1.54) is 0 Å². The van der Waals surface area contributed by atoms with Crippen LogP contribution in [0.4, 0.5) is 0 Å². The van der Waals surface area contributed by atoms with Gasteiger partial charge in [0.25, 0.3) is 0 Å². The molecule has 0 amide bonds. The fraction of sp³-hybridized carbons (Fsp3) is 1.00. The van der Waals surface area contributed by atoms with Gasteiger partial charge in [0.1, 0.15) is 6.79 Å². The third kappa shape index (κ3) is 3.67. The molecule has 66 valence electrons. The lowest BCUT2D eigenvalue weighted by Gasteiger charge is -2.23. The maximum Gasteiger partial charge on any atom is 0.146 e. The van der Waals surface area contributed by atoms with E-state index in [-0.39, 0.29) is 0 Å². The molecule has 1 unspecified atom stereocenters. The largest absolute Gasteiger partial charge is 0.378 e. The second-order valence-electron chi connectivity index (χ2n) is 2.50. The molecule has 1 aliphatic heterocycles. The van der Waals surface area contributed by atoms with E-state index in [0.29, 0.717) is 19.4 Å². The van der Waals surface area contributed by atoms with E-state index >= 15 is 0 Å². The summed E-state index contributed by atoms with van der Waals surface area (Å²) in [5.74, 6) is 0. The topological polar surface area (TPSA) is 39.7 Å². The van der Waals surface area contributed by atoms with Gasteiger partial charge in [-0.3, -0.25) is 0 Å². The molecular formula is C7H15NO3. The van der Waals surface area contributed by atoms with Gasteiger partial charge in [-0.15, -0.1) is 0 Å². The Hall–Kier alpha value is -0.160. The number of ether oxygens (including phenoxy) is 3. The molecule has 1 aliphatic rings. The van der Waals surface area contributed by atoms with Crippen molar-refractivity contribution >= 4 is 0 Å². The molecule has 11 heavy (non-hydrogen) atoms. The zero-order valence-electron chi connectivity index (χ0n) is 6.84. The minimum atomic E-state index is 0.332. The van der Waals surface area contributed by atoms with Crippen LogP contribution in [0.1, 0.15) is 0 Å². The van der Waals surface area contributed by atoms with E-state index in [1.54, 1.807) is 7.11 Å². The van der Waals surface area contributed by atoms with Crippen molar-refractivity contribution in [2.75, 3.05) is 40.3 Å². The molecule has 1 N–H and O–H groups in total. The van der Waals surface area contributed by atoms with Gasteiger partial charge in [-0.25, -0.2) is 0 Å². The Morgan fingerprint density at radius 2 is 2.55 bits per heavy atom.